The normalized spacial score (nSPS) is 8.93. The molecule has 14 heavy (non-hydrogen) atoms. The Kier molecular flexibility index (Phi) is 3.08. The van der Waals surface area contributed by atoms with Gasteiger partial charge in [-0.1, -0.05) is 6.07 Å². The smallest absolute Gasteiger partial charge is 0.308 e. The summed E-state index contributed by atoms with van der Waals surface area (Å²) < 4.78 is 9.83. The van der Waals surface area contributed by atoms with Crippen LogP contribution in [-0.2, 0) is 4.79 Å². The molecule has 0 amide bonds. The van der Waals surface area contributed by atoms with Crippen molar-refractivity contribution in [1.82, 2.24) is 0 Å². The molecule has 0 aliphatic carbocycles. The number of rotatable bonds is 2. The van der Waals surface area contributed by atoms with Gasteiger partial charge in [0, 0.05) is 6.92 Å². The number of methoxy groups -OCH3 is 1. The van der Waals surface area contributed by atoms with E-state index in [0.717, 1.165) is 0 Å². The van der Waals surface area contributed by atoms with Crippen molar-refractivity contribution >= 4 is 5.97 Å². The van der Waals surface area contributed by atoms with Gasteiger partial charge in [-0.2, -0.15) is 5.26 Å². The summed E-state index contributed by atoms with van der Waals surface area (Å²) >= 11 is 0. The Labute approximate surface area is 81.7 Å². The van der Waals surface area contributed by atoms with Crippen molar-refractivity contribution in [3.8, 4) is 17.6 Å². The zero-order valence-corrected chi connectivity index (χ0v) is 7.90. The quantitative estimate of drug-likeness (QED) is 0.525. The molecule has 0 radical (unpaired) electrons. The largest absolute Gasteiger partial charge is 0.492 e. The van der Waals surface area contributed by atoms with Crippen molar-refractivity contribution in [2.75, 3.05) is 7.11 Å². The zero-order valence-electron chi connectivity index (χ0n) is 7.90. The minimum Gasteiger partial charge on any atom is -0.492 e. The van der Waals surface area contributed by atoms with Crippen LogP contribution in [0.1, 0.15) is 12.5 Å². The van der Waals surface area contributed by atoms with E-state index in [4.69, 9.17) is 14.7 Å². The van der Waals surface area contributed by atoms with Gasteiger partial charge < -0.3 is 9.47 Å². The van der Waals surface area contributed by atoms with Crippen molar-refractivity contribution < 1.29 is 14.3 Å². The molecule has 4 nitrogen and oxygen atoms in total. The first-order valence-corrected chi connectivity index (χ1v) is 3.94. The molecule has 0 atom stereocenters. The second-order valence-corrected chi connectivity index (χ2v) is 2.54. The number of benzene rings is 1. The minimum atomic E-state index is -0.446. The van der Waals surface area contributed by atoms with Gasteiger partial charge >= 0.3 is 5.97 Å². The fraction of sp³-hybridized carbons (Fsp3) is 0.200. The summed E-state index contributed by atoms with van der Waals surface area (Å²) in [5, 5.41) is 8.74. The maximum absolute atomic E-state index is 10.7. The molecule has 0 saturated heterocycles. The topological polar surface area (TPSA) is 59.3 Å². The summed E-state index contributed by atoms with van der Waals surface area (Å²) in [5.41, 5.74) is 0.339. The molecule has 1 rings (SSSR count). The highest BCUT2D eigenvalue weighted by Crippen LogP contribution is 2.30. The number of carbonyl (C=O) groups is 1. The lowest BCUT2D eigenvalue weighted by Crippen LogP contribution is -2.03. The summed E-state index contributed by atoms with van der Waals surface area (Å²) in [5.74, 6) is 0.0997. The number of carbonyl (C=O) groups excluding carboxylic acids is 1. The maximum Gasteiger partial charge on any atom is 0.308 e. The van der Waals surface area contributed by atoms with Crippen LogP contribution in [0.2, 0.25) is 0 Å². The second kappa shape index (κ2) is 4.28. The fourth-order valence-corrected chi connectivity index (χ4v) is 1.05. The van der Waals surface area contributed by atoms with Crippen LogP contribution >= 0.6 is 0 Å². The van der Waals surface area contributed by atoms with Gasteiger partial charge in [0.1, 0.15) is 6.07 Å². The molecule has 0 N–H and O–H groups in total. The van der Waals surface area contributed by atoms with Crippen LogP contribution in [0.15, 0.2) is 18.2 Å². The first kappa shape index (κ1) is 10.1. The Balaban J connectivity index is 3.16. The number of esters is 1. The Morgan fingerprint density at radius 1 is 1.50 bits per heavy atom. The molecule has 4 heteroatoms. The third-order valence-electron chi connectivity index (χ3n) is 1.56. The zero-order chi connectivity index (χ0) is 10.6. The molecular formula is C10H9NO3. The van der Waals surface area contributed by atoms with E-state index in [-0.39, 0.29) is 11.5 Å². The average Bonchev–Trinajstić information content (AvgIpc) is 2.16. The van der Waals surface area contributed by atoms with E-state index in [0.29, 0.717) is 5.56 Å². The Hall–Kier alpha value is -2.02. The first-order chi connectivity index (χ1) is 6.69. The van der Waals surface area contributed by atoms with E-state index < -0.39 is 5.97 Å². The average molecular weight is 191 g/mol. The number of nitriles is 1. The Morgan fingerprint density at radius 2 is 2.21 bits per heavy atom. The summed E-state index contributed by atoms with van der Waals surface area (Å²) in [6.07, 6.45) is 0. The molecule has 0 unspecified atom stereocenters. The van der Waals surface area contributed by atoms with Crippen LogP contribution in [-0.4, -0.2) is 13.1 Å². The Morgan fingerprint density at radius 3 is 2.71 bits per heavy atom. The van der Waals surface area contributed by atoms with Crippen LogP contribution in [0.25, 0.3) is 0 Å². The molecular weight excluding hydrogens is 182 g/mol. The molecule has 0 aliphatic heterocycles. The van der Waals surface area contributed by atoms with Crippen molar-refractivity contribution in [2.24, 2.45) is 0 Å². The van der Waals surface area contributed by atoms with Crippen LogP contribution in [0.4, 0.5) is 0 Å². The summed E-state index contributed by atoms with van der Waals surface area (Å²) in [6, 6.07) is 6.73. The molecule has 1 aromatic rings. The number of hydrogen-bond donors (Lipinski definition) is 0. The lowest BCUT2D eigenvalue weighted by Gasteiger charge is -2.08. The summed E-state index contributed by atoms with van der Waals surface area (Å²) in [7, 11) is 1.42. The lowest BCUT2D eigenvalue weighted by atomic mass is 10.2. The van der Waals surface area contributed by atoms with E-state index in [1.807, 2.05) is 6.07 Å². The monoisotopic (exact) mass is 191 g/mol. The van der Waals surface area contributed by atoms with Gasteiger partial charge in [0.25, 0.3) is 0 Å². The number of ether oxygens (including phenoxy) is 2. The Bertz CT molecular complexity index is 393. The van der Waals surface area contributed by atoms with E-state index in [1.165, 1.54) is 14.0 Å². The summed E-state index contributed by atoms with van der Waals surface area (Å²) in [4.78, 5) is 10.7. The molecule has 0 bridgehead atoms. The highest BCUT2D eigenvalue weighted by Gasteiger charge is 2.10. The van der Waals surface area contributed by atoms with E-state index in [9.17, 15) is 4.79 Å². The van der Waals surface area contributed by atoms with Gasteiger partial charge in [0.05, 0.1) is 12.7 Å². The van der Waals surface area contributed by atoms with Crippen molar-refractivity contribution in [3.63, 3.8) is 0 Å². The van der Waals surface area contributed by atoms with Gasteiger partial charge in [-0.25, -0.2) is 0 Å². The van der Waals surface area contributed by atoms with Gasteiger partial charge in [-0.05, 0) is 12.1 Å². The number of para-hydroxylation sites is 1. The van der Waals surface area contributed by atoms with Crippen molar-refractivity contribution in [3.05, 3.63) is 23.8 Å². The summed E-state index contributed by atoms with van der Waals surface area (Å²) in [6.45, 7) is 1.29. The minimum absolute atomic E-state index is 0.263. The number of hydrogen-bond acceptors (Lipinski definition) is 4. The standard InChI is InChI=1S/C10H9NO3/c1-7(12)14-9-5-3-4-8(6-11)10(9)13-2/h3-5H,1-2H3. The molecule has 0 aromatic heterocycles. The molecule has 0 saturated carbocycles. The van der Waals surface area contributed by atoms with Gasteiger partial charge in [-0.15, -0.1) is 0 Å². The van der Waals surface area contributed by atoms with Crippen molar-refractivity contribution in [2.45, 2.75) is 6.92 Å². The van der Waals surface area contributed by atoms with Crippen LogP contribution in [0.3, 0.4) is 0 Å². The van der Waals surface area contributed by atoms with Crippen LogP contribution in [0.5, 0.6) is 11.5 Å². The van der Waals surface area contributed by atoms with Crippen LogP contribution < -0.4 is 9.47 Å². The van der Waals surface area contributed by atoms with E-state index >= 15 is 0 Å². The molecule has 0 heterocycles. The highest BCUT2D eigenvalue weighted by molar-refractivity contribution is 5.71. The highest BCUT2D eigenvalue weighted by atomic mass is 16.6. The van der Waals surface area contributed by atoms with E-state index in [2.05, 4.69) is 0 Å². The fourth-order valence-electron chi connectivity index (χ4n) is 1.05. The molecule has 1 aromatic carbocycles. The SMILES string of the molecule is COc1c(C#N)cccc1OC(C)=O. The molecule has 0 spiro atoms. The predicted molar refractivity (Wildman–Crippen MR) is 49.0 cm³/mol. The predicted octanol–water partition coefficient (Wildman–Crippen LogP) is 1.49. The lowest BCUT2D eigenvalue weighted by molar-refractivity contribution is -0.132. The molecule has 0 fully saturated rings. The third-order valence-corrected chi connectivity index (χ3v) is 1.56. The third kappa shape index (κ3) is 2.02. The maximum atomic E-state index is 10.7. The van der Waals surface area contributed by atoms with Gasteiger partial charge in [0.15, 0.2) is 11.5 Å². The van der Waals surface area contributed by atoms with Crippen LogP contribution in [0, 0.1) is 11.3 Å². The van der Waals surface area contributed by atoms with Crippen molar-refractivity contribution in [1.29, 1.82) is 5.26 Å². The first-order valence-electron chi connectivity index (χ1n) is 3.94. The van der Waals surface area contributed by atoms with E-state index in [1.54, 1.807) is 18.2 Å². The van der Waals surface area contributed by atoms with Gasteiger partial charge in [-0.3, -0.25) is 4.79 Å². The second-order valence-electron chi connectivity index (χ2n) is 2.54. The molecule has 0 aliphatic rings. The molecule has 72 valence electrons. The van der Waals surface area contributed by atoms with Gasteiger partial charge in [0.2, 0.25) is 0 Å². The number of nitrogens with zero attached hydrogens (tertiary/aromatic N) is 1.